The van der Waals surface area contributed by atoms with Crippen LogP contribution < -0.4 is 0 Å². The zero-order valence-electron chi connectivity index (χ0n) is 10.1. The van der Waals surface area contributed by atoms with Crippen LogP contribution in [0.4, 0.5) is 0 Å². The van der Waals surface area contributed by atoms with Crippen LogP contribution in [0.3, 0.4) is 0 Å². The number of rotatable bonds is 4. The number of carboxylic acids is 1. The smallest absolute Gasteiger partial charge is 0.306 e. The molecule has 1 aliphatic rings. The summed E-state index contributed by atoms with van der Waals surface area (Å²) in [6.07, 6.45) is 3.12. The topological polar surface area (TPSA) is 57.6 Å². The van der Waals surface area contributed by atoms with Gasteiger partial charge in [0.2, 0.25) is 5.91 Å². The fourth-order valence-electron chi connectivity index (χ4n) is 2.21. The normalized spacial score (nSPS) is 19.5. The van der Waals surface area contributed by atoms with Gasteiger partial charge in [-0.05, 0) is 19.3 Å². The first-order chi connectivity index (χ1) is 7.56. The summed E-state index contributed by atoms with van der Waals surface area (Å²) >= 11 is 0. The average Bonchev–Trinajstić information content (AvgIpc) is 2.28. The highest BCUT2D eigenvalue weighted by Gasteiger charge is 2.28. The second kappa shape index (κ2) is 5.87. The fraction of sp³-hybridized carbons (Fsp3) is 0.833. The molecule has 16 heavy (non-hydrogen) atoms. The highest BCUT2D eigenvalue weighted by Crippen LogP contribution is 2.20. The molecule has 0 unspecified atom stereocenters. The van der Waals surface area contributed by atoms with Crippen LogP contribution in [0.25, 0.3) is 0 Å². The number of aliphatic carboxylic acids is 1. The SMILES string of the molecule is CCC[C@@H](C)C(=O)N1CCC(C(=O)O)CC1. The number of nitrogens with zero attached hydrogens (tertiary/aromatic N) is 1. The largest absolute Gasteiger partial charge is 0.481 e. The third-order valence-electron chi connectivity index (χ3n) is 3.30. The number of carbonyl (C=O) groups is 2. The van der Waals surface area contributed by atoms with Crippen LogP contribution in [0.5, 0.6) is 0 Å². The summed E-state index contributed by atoms with van der Waals surface area (Å²) in [6.45, 7) is 5.23. The highest BCUT2D eigenvalue weighted by molar-refractivity contribution is 5.79. The van der Waals surface area contributed by atoms with Gasteiger partial charge in [0.1, 0.15) is 0 Å². The zero-order valence-corrected chi connectivity index (χ0v) is 10.1. The van der Waals surface area contributed by atoms with Gasteiger partial charge in [0.15, 0.2) is 0 Å². The molecule has 1 fully saturated rings. The van der Waals surface area contributed by atoms with Crippen molar-refractivity contribution in [3.63, 3.8) is 0 Å². The molecule has 0 aromatic rings. The van der Waals surface area contributed by atoms with Gasteiger partial charge in [-0.25, -0.2) is 0 Å². The summed E-state index contributed by atoms with van der Waals surface area (Å²) in [5.41, 5.74) is 0. The molecule has 0 aromatic heterocycles. The molecule has 1 amide bonds. The van der Waals surface area contributed by atoms with Gasteiger partial charge in [-0.1, -0.05) is 20.3 Å². The molecule has 0 aromatic carbocycles. The van der Waals surface area contributed by atoms with Gasteiger partial charge in [0, 0.05) is 19.0 Å². The lowest BCUT2D eigenvalue weighted by atomic mass is 9.95. The summed E-state index contributed by atoms with van der Waals surface area (Å²) in [5.74, 6) is -0.726. The molecule has 1 aliphatic heterocycles. The summed E-state index contributed by atoms with van der Waals surface area (Å²) < 4.78 is 0. The van der Waals surface area contributed by atoms with E-state index in [2.05, 4.69) is 6.92 Å². The van der Waals surface area contributed by atoms with E-state index in [4.69, 9.17) is 5.11 Å². The van der Waals surface area contributed by atoms with Gasteiger partial charge >= 0.3 is 5.97 Å². The Labute approximate surface area is 96.6 Å². The molecule has 0 saturated carbocycles. The monoisotopic (exact) mass is 227 g/mol. The lowest BCUT2D eigenvalue weighted by Gasteiger charge is -2.32. The van der Waals surface area contributed by atoms with Crippen LogP contribution in [0.1, 0.15) is 39.5 Å². The first-order valence-corrected chi connectivity index (χ1v) is 6.07. The van der Waals surface area contributed by atoms with E-state index in [1.165, 1.54) is 0 Å². The van der Waals surface area contributed by atoms with Crippen LogP contribution in [0.2, 0.25) is 0 Å². The van der Waals surface area contributed by atoms with E-state index in [9.17, 15) is 9.59 Å². The van der Waals surface area contributed by atoms with Gasteiger partial charge in [-0.2, -0.15) is 0 Å². The van der Waals surface area contributed by atoms with Crippen molar-refractivity contribution in [2.45, 2.75) is 39.5 Å². The summed E-state index contributed by atoms with van der Waals surface area (Å²) in [6, 6.07) is 0. The lowest BCUT2D eigenvalue weighted by Crippen LogP contribution is -2.42. The predicted molar refractivity (Wildman–Crippen MR) is 61.0 cm³/mol. The number of hydrogen-bond donors (Lipinski definition) is 1. The minimum Gasteiger partial charge on any atom is -0.481 e. The molecule has 1 saturated heterocycles. The molecule has 1 atom stereocenters. The molecule has 0 aliphatic carbocycles. The number of amides is 1. The van der Waals surface area contributed by atoms with E-state index < -0.39 is 5.97 Å². The van der Waals surface area contributed by atoms with Crippen LogP contribution in [0, 0.1) is 11.8 Å². The number of hydrogen-bond acceptors (Lipinski definition) is 2. The second-order valence-corrected chi connectivity index (χ2v) is 4.63. The molecule has 1 heterocycles. The molecule has 4 nitrogen and oxygen atoms in total. The van der Waals surface area contributed by atoms with E-state index in [1.54, 1.807) is 0 Å². The molecule has 0 bridgehead atoms. The second-order valence-electron chi connectivity index (χ2n) is 4.63. The van der Waals surface area contributed by atoms with Crippen molar-refractivity contribution in [1.82, 2.24) is 4.90 Å². The number of carbonyl (C=O) groups excluding carboxylic acids is 1. The zero-order chi connectivity index (χ0) is 12.1. The first kappa shape index (κ1) is 13.0. The van der Waals surface area contributed by atoms with Gasteiger partial charge < -0.3 is 10.0 Å². The Bertz CT molecular complexity index is 257. The predicted octanol–water partition coefficient (Wildman–Crippen LogP) is 1.75. The Balaban J connectivity index is 2.41. The molecule has 92 valence electrons. The molecule has 1 rings (SSSR count). The van der Waals surface area contributed by atoms with E-state index >= 15 is 0 Å². The van der Waals surface area contributed by atoms with E-state index in [-0.39, 0.29) is 17.7 Å². The van der Waals surface area contributed by atoms with Gasteiger partial charge in [0.05, 0.1) is 5.92 Å². The Morgan fingerprint density at radius 1 is 1.38 bits per heavy atom. The first-order valence-electron chi connectivity index (χ1n) is 6.07. The lowest BCUT2D eigenvalue weighted by molar-refractivity contribution is -0.146. The molecule has 4 heteroatoms. The Kier molecular flexibility index (Phi) is 4.77. The van der Waals surface area contributed by atoms with Crippen molar-refractivity contribution in [2.24, 2.45) is 11.8 Å². The van der Waals surface area contributed by atoms with Crippen molar-refractivity contribution < 1.29 is 14.7 Å². The number of carboxylic acid groups (broad SMARTS) is 1. The molecule has 0 radical (unpaired) electrons. The average molecular weight is 227 g/mol. The summed E-state index contributed by atoms with van der Waals surface area (Å²) in [7, 11) is 0. The standard InChI is InChI=1S/C12H21NO3/c1-3-4-9(2)11(14)13-7-5-10(6-8-13)12(15)16/h9-10H,3-8H2,1-2H3,(H,15,16)/t9-/m1/s1. The maximum atomic E-state index is 11.9. The third kappa shape index (κ3) is 3.22. The minimum atomic E-state index is -0.728. The Morgan fingerprint density at radius 3 is 2.38 bits per heavy atom. The van der Waals surface area contributed by atoms with Crippen molar-refractivity contribution in [3.8, 4) is 0 Å². The maximum Gasteiger partial charge on any atom is 0.306 e. The van der Waals surface area contributed by atoms with Crippen LogP contribution >= 0.6 is 0 Å². The van der Waals surface area contributed by atoms with Crippen molar-refractivity contribution in [2.75, 3.05) is 13.1 Å². The van der Waals surface area contributed by atoms with Crippen molar-refractivity contribution >= 4 is 11.9 Å². The Hall–Kier alpha value is -1.06. The van der Waals surface area contributed by atoms with E-state index in [1.807, 2.05) is 11.8 Å². The van der Waals surface area contributed by atoms with E-state index in [0.29, 0.717) is 25.9 Å². The molecular formula is C12H21NO3. The minimum absolute atomic E-state index is 0.0754. The third-order valence-corrected chi connectivity index (χ3v) is 3.30. The van der Waals surface area contributed by atoms with Crippen molar-refractivity contribution in [3.05, 3.63) is 0 Å². The van der Waals surface area contributed by atoms with Gasteiger partial charge in [0.25, 0.3) is 0 Å². The molecular weight excluding hydrogens is 206 g/mol. The summed E-state index contributed by atoms with van der Waals surface area (Å²) in [5, 5.41) is 8.85. The van der Waals surface area contributed by atoms with E-state index in [0.717, 1.165) is 12.8 Å². The highest BCUT2D eigenvalue weighted by atomic mass is 16.4. The maximum absolute atomic E-state index is 11.9. The van der Waals surface area contributed by atoms with Crippen LogP contribution in [-0.4, -0.2) is 35.0 Å². The van der Waals surface area contributed by atoms with Crippen LogP contribution in [-0.2, 0) is 9.59 Å². The molecule has 1 N–H and O–H groups in total. The van der Waals surface area contributed by atoms with Gasteiger partial charge in [-0.3, -0.25) is 9.59 Å². The van der Waals surface area contributed by atoms with Gasteiger partial charge in [-0.15, -0.1) is 0 Å². The summed E-state index contributed by atoms with van der Waals surface area (Å²) in [4.78, 5) is 24.5. The van der Waals surface area contributed by atoms with Crippen LogP contribution in [0.15, 0.2) is 0 Å². The number of piperidine rings is 1. The number of likely N-dealkylation sites (tertiary alicyclic amines) is 1. The fourth-order valence-corrected chi connectivity index (χ4v) is 2.21. The quantitative estimate of drug-likeness (QED) is 0.796. The Morgan fingerprint density at radius 2 is 1.94 bits per heavy atom. The molecule has 0 spiro atoms. The van der Waals surface area contributed by atoms with Crippen molar-refractivity contribution in [1.29, 1.82) is 0 Å².